The number of hydrogen-bond acceptors (Lipinski definition) is 3. The van der Waals surface area contributed by atoms with Crippen LogP contribution in [-0.2, 0) is 4.79 Å². The van der Waals surface area contributed by atoms with Crippen LogP contribution in [0.3, 0.4) is 0 Å². The highest BCUT2D eigenvalue weighted by Gasteiger charge is 2.48. The second-order valence-corrected chi connectivity index (χ2v) is 6.50. The first-order valence-corrected chi connectivity index (χ1v) is 7.44. The molecule has 1 aliphatic carbocycles. The average Bonchev–Trinajstić information content (AvgIpc) is 2.37. The molecule has 0 atom stereocenters. The zero-order valence-corrected chi connectivity index (χ0v) is 12.1. The van der Waals surface area contributed by atoms with E-state index >= 15 is 0 Å². The van der Waals surface area contributed by atoms with Crippen LogP contribution in [0.4, 0.5) is 0 Å². The first-order valence-electron chi connectivity index (χ1n) is 7.44. The van der Waals surface area contributed by atoms with Crippen LogP contribution in [0.2, 0.25) is 0 Å². The summed E-state index contributed by atoms with van der Waals surface area (Å²) >= 11 is 0. The molecule has 1 N–H and O–H groups in total. The fourth-order valence-electron chi connectivity index (χ4n) is 3.37. The number of rotatable bonds is 4. The monoisotopic (exact) mass is 263 g/mol. The molecule has 1 amide bonds. The van der Waals surface area contributed by atoms with Crippen molar-refractivity contribution in [3.8, 4) is 6.07 Å². The zero-order chi connectivity index (χ0) is 13.9. The smallest absolute Gasteiger partial charge is 0.240 e. The third kappa shape index (κ3) is 3.27. The summed E-state index contributed by atoms with van der Waals surface area (Å²) in [5.74, 6) is 1.20. The van der Waals surface area contributed by atoms with E-state index in [9.17, 15) is 10.1 Å². The Bertz CT molecular complexity index is 360. The summed E-state index contributed by atoms with van der Waals surface area (Å²) in [5.41, 5.74) is -0.716. The first kappa shape index (κ1) is 14.3. The van der Waals surface area contributed by atoms with E-state index in [1.807, 2.05) is 0 Å². The molecule has 0 bridgehead atoms. The van der Waals surface area contributed by atoms with Crippen LogP contribution in [0, 0.1) is 28.6 Å². The number of nitrogens with one attached hydrogen (secondary N) is 1. The predicted molar refractivity (Wildman–Crippen MR) is 74.3 cm³/mol. The molecule has 4 nitrogen and oxygen atoms in total. The van der Waals surface area contributed by atoms with E-state index in [1.54, 1.807) is 0 Å². The SMILES string of the molecule is CC1CC(C#N)(C(=O)NCCC2CCN(C)CC2)C1. The van der Waals surface area contributed by atoms with Crippen molar-refractivity contribution in [1.82, 2.24) is 10.2 Å². The number of carbonyl (C=O) groups is 1. The lowest BCUT2D eigenvalue weighted by molar-refractivity contribution is -0.134. The summed E-state index contributed by atoms with van der Waals surface area (Å²) in [6.45, 7) is 5.16. The van der Waals surface area contributed by atoms with Gasteiger partial charge in [0.05, 0.1) is 6.07 Å². The Morgan fingerprint density at radius 1 is 1.42 bits per heavy atom. The molecule has 1 saturated heterocycles. The molecule has 0 aromatic rings. The predicted octanol–water partition coefficient (Wildman–Crippen LogP) is 1.77. The molecule has 106 valence electrons. The van der Waals surface area contributed by atoms with Gasteiger partial charge >= 0.3 is 0 Å². The van der Waals surface area contributed by atoms with Gasteiger partial charge in [0.25, 0.3) is 0 Å². The number of carbonyl (C=O) groups excluding carboxylic acids is 1. The number of amides is 1. The summed E-state index contributed by atoms with van der Waals surface area (Å²) < 4.78 is 0. The number of nitriles is 1. The van der Waals surface area contributed by atoms with E-state index in [-0.39, 0.29) is 5.91 Å². The van der Waals surface area contributed by atoms with Crippen LogP contribution in [0.25, 0.3) is 0 Å². The van der Waals surface area contributed by atoms with Crippen LogP contribution in [0.5, 0.6) is 0 Å². The summed E-state index contributed by atoms with van der Waals surface area (Å²) in [4.78, 5) is 14.4. The van der Waals surface area contributed by atoms with Gasteiger partial charge in [0, 0.05) is 6.54 Å². The van der Waals surface area contributed by atoms with Crippen LogP contribution in [0.15, 0.2) is 0 Å². The highest BCUT2D eigenvalue weighted by molar-refractivity contribution is 5.86. The molecule has 0 unspecified atom stereocenters. The van der Waals surface area contributed by atoms with Crippen molar-refractivity contribution in [2.75, 3.05) is 26.7 Å². The molecule has 1 heterocycles. The largest absolute Gasteiger partial charge is 0.355 e. The molecule has 0 spiro atoms. The molecule has 4 heteroatoms. The number of piperidine rings is 1. The molecule has 1 saturated carbocycles. The Labute approximate surface area is 116 Å². The lowest BCUT2D eigenvalue weighted by Crippen LogP contribution is -2.48. The minimum absolute atomic E-state index is 0.0407. The van der Waals surface area contributed by atoms with Gasteiger partial charge in [-0.3, -0.25) is 4.79 Å². The molecule has 1 aliphatic heterocycles. The maximum absolute atomic E-state index is 12.1. The summed E-state index contributed by atoms with van der Waals surface area (Å²) in [7, 11) is 2.16. The van der Waals surface area contributed by atoms with E-state index in [1.165, 1.54) is 12.8 Å². The van der Waals surface area contributed by atoms with Gasteiger partial charge < -0.3 is 10.2 Å². The van der Waals surface area contributed by atoms with Crippen LogP contribution < -0.4 is 5.32 Å². The number of likely N-dealkylation sites (tertiary alicyclic amines) is 1. The second kappa shape index (κ2) is 5.92. The summed E-state index contributed by atoms with van der Waals surface area (Å²) in [6.07, 6.45) is 4.96. The third-order valence-electron chi connectivity index (χ3n) is 4.72. The van der Waals surface area contributed by atoms with E-state index < -0.39 is 5.41 Å². The van der Waals surface area contributed by atoms with Crippen molar-refractivity contribution in [3.05, 3.63) is 0 Å². The summed E-state index contributed by atoms with van der Waals surface area (Å²) in [5, 5.41) is 12.2. The van der Waals surface area contributed by atoms with Gasteiger partial charge in [-0.05, 0) is 64.1 Å². The van der Waals surface area contributed by atoms with Gasteiger partial charge in [0.2, 0.25) is 5.91 Å². The van der Waals surface area contributed by atoms with Gasteiger partial charge in [0.1, 0.15) is 5.41 Å². The van der Waals surface area contributed by atoms with Crippen LogP contribution >= 0.6 is 0 Å². The normalized spacial score (nSPS) is 32.4. The minimum atomic E-state index is -0.716. The van der Waals surface area contributed by atoms with Gasteiger partial charge in [-0.1, -0.05) is 6.92 Å². The zero-order valence-electron chi connectivity index (χ0n) is 12.1. The van der Waals surface area contributed by atoms with E-state index in [2.05, 4.69) is 30.3 Å². The fraction of sp³-hybridized carbons (Fsp3) is 0.867. The minimum Gasteiger partial charge on any atom is -0.355 e. The lowest BCUT2D eigenvalue weighted by Gasteiger charge is -2.39. The molecular weight excluding hydrogens is 238 g/mol. The van der Waals surface area contributed by atoms with Crippen molar-refractivity contribution >= 4 is 5.91 Å². The highest BCUT2D eigenvalue weighted by Crippen LogP contribution is 2.45. The molecule has 2 aliphatic rings. The maximum Gasteiger partial charge on any atom is 0.240 e. The Hall–Kier alpha value is -1.08. The fourth-order valence-corrected chi connectivity index (χ4v) is 3.37. The highest BCUT2D eigenvalue weighted by atomic mass is 16.2. The lowest BCUT2D eigenvalue weighted by atomic mass is 9.63. The van der Waals surface area contributed by atoms with E-state index in [0.717, 1.165) is 44.8 Å². The standard InChI is InChI=1S/C15H25N3O/c1-12-9-15(10-12,11-16)14(19)17-6-3-13-4-7-18(2)8-5-13/h12-13H,3-10H2,1-2H3,(H,17,19). The Kier molecular flexibility index (Phi) is 4.46. The van der Waals surface area contributed by atoms with E-state index in [0.29, 0.717) is 5.92 Å². The summed E-state index contributed by atoms with van der Waals surface area (Å²) in [6, 6.07) is 2.22. The molecule has 0 radical (unpaired) electrons. The average molecular weight is 263 g/mol. The van der Waals surface area contributed by atoms with Gasteiger partial charge in [-0.15, -0.1) is 0 Å². The van der Waals surface area contributed by atoms with Crippen LogP contribution in [0.1, 0.15) is 39.0 Å². The van der Waals surface area contributed by atoms with Crippen molar-refractivity contribution < 1.29 is 4.79 Å². The van der Waals surface area contributed by atoms with Crippen molar-refractivity contribution in [2.45, 2.75) is 39.0 Å². The Morgan fingerprint density at radius 3 is 2.58 bits per heavy atom. The quantitative estimate of drug-likeness (QED) is 0.841. The Morgan fingerprint density at radius 2 is 2.05 bits per heavy atom. The molecule has 19 heavy (non-hydrogen) atoms. The van der Waals surface area contributed by atoms with Crippen molar-refractivity contribution in [1.29, 1.82) is 5.26 Å². The molecule has 0 aromatic carbocycles. The molecule has 2 rings (SSSR count). The molecule has 2 fully saturated rings. The van der Waals surface area contributed by atoms with Crippen molar-refractivity contribution in [2.24, 2.45) is 17.3 Å². The maximum atomic E-state index is 12.1. The van der Waals surface area contributed by atoms with Gasteiger partial charge in [-0.25, -0.2) is 0 Å². The van der Waals surface area contributed by atoms with Gasteiger partial charge in [0.15, 0.2) is 0 Å². The number of nitrogens with zero attached hydrogens (tertiary/aromatic N) is 2. The van der Waals surface area contributed by atoms with E-state index in [4.69, 9.17) is 0 Å². The second-order valence-electron chi connectivity index (χ2n) is 6.50. The molecular formula is C15H25N3O. The van der Waals surface area contributed by atoms with Gasteiger partial charge in [-0.2, -0.15) is 5.26 Å². The Balaban J connectivity index is 1.68. The number of hydrogen-bond donors (Lipinski definition) is 1. The van der Waals surface area contributed by atoms with Crippen molar-refractivity contribution in [3.63, 3.8) is 0 Å². The first-order chi connectivity index (χ1) is 9.05. The topological polar surface area (TPSA) is 56.1 Å². The van der Waals surface area contributed by atoms with Crippen LogP contribution in [-0.4, -0.2) is 37.5 Å². The third-order valence-corrected chi connectivity index (χ3v) is 4.72. The molecule has 0 aromatic heterocycles.